The Bertz CT molecular complexity index is 1310. The highest BCUT2D eigenvalue weighted by molar-refractivity contribution is 9.10. The third-order valence-corrected chi connectivity index (χ3v) is 11.5. The molecule has 3 fully saturated rings. The van der Waals surface area contributed by atoms with E-state index < -0.39 is 17.1 Å². The van der Waals surface area contributed by atoms with Crippen LogP contribution in [-0.2, 0) is 16.6 Å². The van der Waals surface area contributed by atoms with E-state index in [-0.39, 0.29) is 29.7 Å². The molecule has 5 aliphatic rings. The zero-order valence-electron chi connectivity index (χ0n) is 21.2. The van der Waals surface area contributed by atoms with Crippen molar-refractivity contribution in [3.63, 3.8) is 0 Å². The van der Waals surface area contributed by atoms with E-state index in [0.29, 0.717) is 12.2 Å². The number of rotatable bonds is 5. The number of carbonyl (C=O) groups excluding carboxylic acids is 1. The maximum atomic E-state index is 13.4. The molecule has 2 N–H and O–H groups in total. The molecule has 6 atom stereocenters. The van der Waals surface area contributed by atoms with Gasteiger partial charge in [-0.2, -0.15) is 0 Å². The van der Waals surface area contributed by atoms with E-state index in [9.17, 15) is 15.0 Å². The Balaban J connectivity index is 1.29. The zero-order valence-corrected chi connectivity index (χ0v) is 23.6. The van der Waals surface area contributed by atoms with Crippen LogP contribution in [0.2, 0.25) is 0 Å². The number of benzene rings is 1. The number of thiophene rings is 1. The summed E-state index contributed by atoms with van der Waals surface area (Å²) in [7, 11) is 1.86. The van der Waals surface area contributed by atoms with E-state index >= 15 is 0 Å². The van der Waals surface area contributed by atoms with Crippen molar-refractivity contribution in [3.05, 3.63) is 50.1 Å². The van der Waals surface area contributed by atoms with Gasteiger partial charge < -0.3 is 19.8 Å². The lowest BCUT2D eigenvalue weighted by Gasteiger charge is -2.66. The quantitative estimate of drug-likeness (QED) is 0.504. The lowest BCUT2D eigenvalue weighted by molar-refractivity contribution is -0.212. The molecule has 1 spiro atoms. The summed E-state index contributed by atoms with van der Waals surface area (Å²) in [5.41, 5.74) is 0.582. The van der Waals surface area contributed by atoms with Gasteiger partial charge in [0, 0.05) is 46.0 Å². The number of hydrogen-bond donors (Lipinski definition) is 2. The molecule has 0 unspecified atom stereocenters. The summed E-state index contributed by atoms with van der Waals surface area (Å²) in [6, 6.07) is 5.56. The molecule has 37 heavy (non-hydrogen) atoms. The number of likely N-dealkylation sites (N-methyl/N-ethyl adjacent to an activating group) is 1. The molecule has 3 aliphatic carbocycles. The molecule has 8 heteroatoms. The molecular weight excluding hydrogens is 552 g/mol. The molecule has 196 valence electrons. The monoisotopic (exact) mass is 584 g/mol. The van der Waals surface area contributed by atoms with Crippen molar-refractivity contribution in [2.24, 2.45) is 11.8 Å². The third-order valence-electron chi connectivity index (χ3n) is 9.86. The number of aliphatic hydroxyl groups is 1. The SMILES string of the molecule is C[C@H]1C[C@@]2(O)[C@H]3Cc4ccc(O)c5c4[C@@]2(CCN3CC2CC2)[C@@H](O5)[C@@H]1N(C)C(=O)/C=C/c1cc(Br)cs1. The highest BCUT2D eigenvalue weighted by atomic mass is 79.9. The number of piperidine rings is 1. The minimum Gasteiger partial charge on any atom is -0.504 e. The molecule has 1 amide bonds. The molecule has 2 saturated carbocycles. The van der Waals surface area contributed by atoms with Crippen LogP contribution in [0.4, 0.5) is 0 Å². The van der Waals surface area contributed by atoms with Crippen LogP contribution in [0.5, 0.6) is 11.5 Å². The Morgan fingerprint density at radius 2 is 2.19 bits per heavy atom. The van der Waals surface area contributed by atoms with E-state index in [0.717, 1.165) is 46.8 Å². The molecule has 0 radical (unpaired) electrons. The van der Waals surface area contributed by atoms with Crippen molar-refractivity contribution in [3.8, 4) is 11.5 Å². The number of phenols is 1. The van der Waals surface area contributed by atoms with E-state index in [1.165, 1.54) is 18.4 Å². The van der Waals surface area contributed by atoms with Crippen LogP contribution < -0.4 is 4.74 Å². The highest BCUT2D eigenvalue weighted by Crippen LogP contribution is 2.66. The highest BCUT2D eigenvalue weighted by Gasteiger charge is 2.74. The zero-order chi connectivity index (χ0) is 25.7. The van der Waals surface area contributed by atoms with Crippen LogP contribution in [-0.4, -0.2) is 69.8 Å². The average molecular weight is 586 g/mol. The first-order chi connectivity index (χ1) is 17.7. The first kappa shape index (κ1) is 24.2. The van der Waals surface area contributed by atoms with E-state index in [1.807, 2.05) is 35.5 Å². The van der Waals surface area contributed by atoms with E-state index in [4.69, 9.17) is 4.74 Å². The number of aromatic hydroxyl groups is 1. The van der Waals surface area contributed by atoms with Gasteiger partial charge in [-0.1, -0.05) is 13.0 Å². The van der Waals surface area contributed by atoms with Gasteiger partial charge in [-0.25, -0.2) is 0 Å². The van der Waals surface area contributed by atoms with Crippen LogP contribution in [0.25, 0.3) is 6.08 Å². The fourth-order valence-corrected chi connectivity index (χ4v) is 9.48. The Hall–Kier alpha value is -1.87. The molecular formula is C29H33BrN2O4S. The third kappa shape index (κ3) is 3.38. The van der Waals surface area contributed by atoms with Crippen LogP contribution in [0.1, 0.15) is 48.6 Å². The number of hydrogen-bond acceptors (Lipinski definition) is 6. The number of ether oxygens (including phenoxy) is 1. The summed E-state index contributed by atoms with van der Waals surface area (Å²) in [5, 5.41) is 25.6. The standard InChI is InChI=1S/C29H33BrN2O4S/c1-16-13-29(35)22-11-18-5-7-21(33)26-24(18)28(29,9-10-32(22)14-17-3-4-17)27(36-26)25(16)31(2)23(34)8-6-20-12-19(30)15-37-20/h5-8,12,15-17,22,25,27,33,35H,3-4,9-11,13-14H2,1-2H3/b8-6+/t16-,22+,25+,27-,28-,29+/m0/s1. The molecule has 2 aliphatic heterocycles. The van der Waals surface area contributed by atoms with Gasteiger partial charge in [-0.3, -0.25) is 9.69 Å². The molecule has 1 aromatic carbocycles. The Morgan fingerprint density at radius 1 is 1.38 bits per heavy atom. The number of phenolic OH excluding ortho intramolecular Hbond substituents is 1. The average Bonchev–Trinajstić information content (AvgIpc) is 3.46. The molecule has 3 heterocycles. The second-order valence-corrected chi connectivity index (χ2v) is 13.8. The molecule has 6 nitrogen and oxygen atoms in total. The maximum Gasteiger partial charge on any atom is 0.246 e. The lowest BCUT2D eigenvalue weighted by atomic mass is 9.46. The largest absolute Gasteiger partial charge is 0.504 e. The second-order valence-electron chi connectivity index (χ2n) is 11.9. The number of amides is 1. The summed E-state index contributed by atoms with van der Waals surface area (Å²) in [5.74, 6) is 1.35. The summed E-state index contributed by atoms with van der Waals surface area (Å²) in [6.45, 7) is 4.10. The molecule has 2 aromatic rings. The summed E-state index contributed by atoms with van der Waals surface area (Å²) < 4.78 is 7.68. The first-order valence-electron chi connectivity index (χ1n) is 13.4. The van der Waals surface area contributed by atoms with Crippen LogP contribution in [0, 0.1) is 11.8 Å². The number of nitrogens with zero attached hydrogens (tertiary/aromatic N) is 2. The van der Waals surface area contributed by atoms with Gasteiger partial charge in [-0.15, -0.1) is 11.3 Å². The normalized spacial score (nSPS) is 35.9. The van der Waals surface area contributed by atoms with Gasteiger partial charge in [0.05, 0.1) is 17.1 Å². The number of likely N-dealkylation sites (tertiary alicyclic amines) is 1. The summed E-state index contributed by atoms with van der Waals surface area (Å²) in [4.78, 5) is 18.8. The molecule has 2 bridgehead atoms. The Labute approximate surface area is 230 Å². The van der Waals surface area contributed by atoms with Crippen molar-refractivity contribution in [2.75, 3.05) is 20.1 Å². The van der Waals surface area contributed by atoms with E-state index in [1.54, 1.807) is 23.5 Å². The molecule has 7 rings (SSSR count). The first-order valence-corrected chi connectivity index (χ1v) is 15.1. The molecule has 1 saturated heterocycles. The Kier molecular flexibility index (Phi) is 5.43. The Morgan fingerprint density at radius 3 is 2.92 bits per heavy atom. The lowest BCUT2D eigenvalue weighted by Crippen LogP contribution is -2.79. The topological polar surface area (TPSA) is 73.2 Å². The smallest absolute Gasteiger partial charge is 0.246 e. The van der Waals surface area contributed by atoms with Gasteiger partial charge in [0.15, 0.2) is 11.5 Å². The van der Waals surface area contributed by atoms with Crippen LogP contribution in [0.3, 0.4) is 0 Å². The minimum absolute atomic E-state index is 0.0255. The van der Waals surface area contributed by atoms with Crippen molar-refractivity contribution in [1.82, 2.24) is 9.80 Å². The predicted molar refractivity (Wildman–Crippen MR) is 147 cm³/mol. The van der Waals surface area contributed by atoms with Gasteiger partial charge in [-0.05, 0) is 90.2 Å². The summed E-state index contributed by atoms with van der Waals surface area (Å²) in [6.07, 6.45) is 7.81. The number of carbonyl (C=O) groups is 1. The van der Waals surface area contributed by atoms with Gasteiger partial charge in [0.25, 0.3) is 0 Å². The van der Waals surface area contributed by atoms with Crippen molar-refractivity contribution in [2.45, 2.75) is 68.2 Å². The van der Waals surface area contributed by atoms with Gasteiger partial charge in [0.1, 0.15) is 6.10 Å². The van der Waals surface area contributed by atoms with Crippen molar-refractivity contribution >= 4 is 39.2 Å². The fraction of sp³-hybridized carbons (Fsp3) is 0.552. The van der Waals surface area contributed by atoms with Gasteiger partial charge in [0.2, 0.25) is 5.91 Å². The predicted octanol–water partition coefficient (Wildman–Crippen LogP) is 4.57. The van der Waals surface area contributed by atoms with E-state index in [2.05, 4.69) is 27.8 Å². The maximum absolute atomic E-state index is 13.4. The second kappa shape index (κ2) is 8.31. The van der Waals surface area contributed by atoms with Gasteiger partial charge >= 0.3 is 0 Å². The van der Waals surface area contributed by atoms with Crippen LogP contribution >= 0.6 is 27.3 Å². The summed E-state index contributed by atoms with van der Waals surface area (Å²) >= 11 is 5.05. The van der Waals surface area contributed by atoms with Crippen molar-refractivity contribution < 1.29 is 19.7 Å². The molecule has 1 aromatic heterocycles. The van der Waals surface area contributed by atoms with Crippen molar-refractivity contribution in [1.29, 1.82) is 0 Å². The van der Waals surface area contributed by atoms with Crippen LogP contribution in [0.15, 0.2) is 34.1 Å². The number of halogens is 1. The minimum atomic E-state index is -0.963. The fourth-order valence-electron chi connectivity index (χ4n) is 8.15.